The van der Waals surface area contributed by atoms with Crippen LogP contribution in [0.2, 0.25) is 0 Å². The third kappa shape index (κ3) is 6.63. The van der Waals surface area contributed by atoms with Gasteiger partial charge in [-0.25, -0.2) is 9.97 Å². The molecule has 0 unspecified atom stereocenters. The molecule has 2 heterocycles. The second-order valence-corrected chi connectivity index (χ2v) is 12.4. The predicted octanol–water partition coefficient (Wildman–Crippen LogP) is 12.9. The highest BCUT2D eigenvalue weighted by Gasteiger charge is 2.24. The summed E-state index contributed by atoms with van der Waals surface area (Å²) in [6, 6.07) is 67.3. The summed E-state index contributed by atoms with van der Waals surface area (Å²) >= 11 is 0. The molecule has 5 nitrogen and oxygen atoms in total. The zero-order chi connectivity index (χ0) is 35.1. The molecule has 8 rings (SSSR count). The molecule has 0 aliphatic rings. The Morgan fingerprint density at radius 3 is 0.942 bits per heavy atom. The molecular formula is C47H37N5. The van der Waals surface area contributed by atoms with Gasteiger partial charge in [-0.2, -0.15) is 0 Å². The van der Waals surface area contributed by atoms with Crippen LogP contribution in [0.5, 0.6) is 0 Å². The Hall–Kier alpha value is -6.98. The van der Waals surface area contributed by atoms with E-state index in [1.165, 1.54) is 5.56 Å². The van der Waals surface area contributed by atoms with Crippen molar-refractivity contribution in [3.8, 4) is 11.1 Å². The van der Waals surface area contributed by atoms with Crippen molar-refractivity contribution < 1.29 is 0 Å². The quantitative estimate of drug-likeness (QED) is 0.145. The van der Waals surface area contributed by atoms with Gasteiger partial charge < -0.3 is 4.90 Å². The summed E-state index contributed by atoms with van der Waals surface area (Å²) < 4.78 is 0. The van der Waals surface area contributed by atoms with Crippen LogP contribution < -0.4 is 14.7 Å². The van der Waals surface area contributed by atoms with Crippen LogP contribution in [0.25, 0.3) is 11.1 Å². The van der Waals surface area contributed by atoms with Gasteiger partial charge in [0.2, 0.25) is 0 Å². The number of benzene rings is 6. The lowest BCUT2D eigenvalue weighted by atomic mass is 10.0. The van der Waals surface area contributed by atoms with Crippen LogP contribution in [-0.4, -0.2) is 9.97 Å². The molecule has 52 heavy (non-hydrogen) atoms. The largest absolute Gasteiger partial charge is 0.311 e. The number of rotatable bonds is 10. The van der Waals surface area contributed by atoms with Gasteiger partial charge in [0, 0.05) is 63.3 Å². The highest BCUT2D eigenvalue weighted by Crippen LogP contribution is 2.45. The minimum Gasteiger partial charge on any atom is -0.311 e. The van der Waals surface area contributed by atoms with Gasteiger partial charge in [0.1, 0.15) is 11.6 Å². The number of aromatic nitrogens is 2. The predicted molar refractivity (Wildman–Crippen MR) is 216 cm³/mol. The van der Waals surface area contributed by atoms with Gasteiger partial charge in [-0.05, 0) is 116 Å². The van der Waals surface area contributed by atoms with Gasteiger partial charge in [-0.3, -0.25) is 9.80 Å². The SMILES string of the molecule is Cc1ccc(N(c2ccccc2)c2ncccc2-c2cccnc2N(c2ccccc2)c2ccc(N(c3ccccc3)c3ccccc3)cc2)cc1. The average Bonchev–Trinajstić information content (AvgIpc) is 3.22. The minimum atomic E-state index is 0.801. The van der Waals surface area contributed by atoms with Crippen molar-refractivity contribution in [2.75, 3.05) is 14.7 Å². The van der Waals surface area contributed by atoms with Gasteiger partial charge in [0.05, 0.1) is 0 Å². The molecule has 0 N–H and O–H groups in total. The summed E-state index contributed by atoms with van der Waals surface area (Å²) in [6.07, 6.45) is 3.72. The molecule has 0 amide bonds. The van der Waals surface area contributed by atoms with Crippen molar-refractivity contribution in [3.63, 3.8) is 0 Å². The molecule has 0 aliphatic heterocycles. The average molecular weight is 672 g/mol. The molecule has 8 aromatic rings. The Morgan fingerprint density at radius 2 is 0.577 bits per heavy atom. The smallest absolute Gasteiger partial charge is 0.145 e. The molecule has 0 fully saturated rings. The van der Waals surface area contributed by atoms with E-state index in [0.29, 0.717) is 0 Å². The monoisotopic (exact) mass is 671 g/mol. The Bertz CT molecular complexity index is 2310. The number of nitrogens with zero attached hydrogens (tertiary/aromatic N) is 5. The van der Waals surface area contributed by atoms with Crippen molar-refractivity contribution in [3.05, 3.63) is 212 Å². The van der Waals surface area contributed by atoms with E-state index in [4.69, 9.17) is 9.97 Å². The molecule has 0 saturated carbocycles. The Labute approximate surface area is 305 Å². The van der Waals surface area contributed by atoms with Crippen molar-refractivity contribution in [1.29, 1.82) is 0 Å². The lowest BCUT2D eigenvalue weighted by Gasteiger charge is -2.30. The Morgan fingerprint density at radius 1 is 0.288 bits per heavy atom. The third-order valence-corrected chi connectivity index (χ3v) is 9.00. The number of aryl methyl sites for hydroxylation is 1. The summed E-state index contributed by atoms with van der Waals surface area (Å²) in [6.45, 7) is 2.11. The van der Waals surface area contributed by atoms with Gasteiger partial charge in [0.25, 0.3) is 0 Å². The summed E-state index contributed by atoms with van der Waals surface area (Å²) in [5.74, 6) is 1.62. The maximum absolute atomic E-state index is 5.09. The fraction of sp³-hybridized carbons (Fsp3) is 0.0213. The van der Waals surface area contributed by atoms with E-state index in [1.807, 2.05) is 48.8 Å². The molecule has 0 aliphatic carbocycles. The normalized spacial score (nSPS) is 10.8. The van der Waals surface area contributed by atoms with Gasteiger partial charge >= 0.3 is 0 Å². The first-order valence-corrected chi connectivity index (χ1v) is 17.4. The lowest BCUT2D eigenvalue weighted by Crippen LogP contribution is -2.15. The van der Waals surface area contributed by atoms with Crippen LogP contribution in [0.1, 0.15) is 5.56 Å². The molecule has 250 valence electrons. The fourth-order valence-electron chi connectivity index (χ4n) is 6.56. The molecule has 0 atom stereocenters. The van der Waals surface area contributed by atoms with Crippen LogP contribution in [0.3, 0.4) is 0 Å². The van der Waals surface area contributed by atoms with Gasteiger partial charge in [0.15, 0.2) is 0 Å². The highest BCUT2D eigenvalue weighted by molar-refractivity contribution is 5.93. The van der Waals surface area contributed by atoms with E-state index >= 15 is 0 Å². The molecule has 0 bridgehead atoms. The summed E-state index contributed by atoms with van der Waals surface area (Å²) in [7, 11) is 0. The molecule has 5 heteroatoms. The maximum Gasteiger partial charge on any atom is 0.145 e. The molecule has 0 spiro atoms. The van der Waals surface area contributed by atoms with E-state index < -0.39 is 0 Å². The molecule has 2 aromatic heterocycles. The molecular weight excluding hydrogens is 635 g/mol. The fourth-order valence-corrected chi connectivity index (χ4v) is 6.56. The standard InChI is InChI=1S/C47H37N5/c1-36-26-28-42(29-27-36)51(39-20-10-4-11-21-39)46-44(24-14-34-48-46)45-25-15-35-49-47(45)52(40-22-12-5-13-23-40)43-32-30-41(31-33-43)50(37-16-6-2-7-17-37)38-18-8-3-9-19-38/h2-35H,1H3. The van der Waals surface area contributed by atoms with Gasteiger partial charge in [-0.15, -0.1) is 0 Å². The molecule has 6 aromatic carbocycles. The van der Waals surface area contributed by atoms with Crippen LogP contribution in [0.15, 0.2) is 207 Å². The second-order valence-electron chi connectivity index (χ2n) is 12.4. The zero-order valence-corrected chi connectivity index (χ0v) is 28.9. The summed E-state index contributed by atoms with van der Waals surface area (Å²) in [5, 5.41) is 0. The van der Waals surface area contributed by atoms with Crippen molar-refractivity contribution in [2.45, 2.75) is 6.92 Å². The number of para-hydroxylation sites is 4. The third-order valence-electron chi connectivity index (χ3n) is 9.00. The summed E-state index contributed by atoms with van der Waals surface area (Å²) in [4.78, 5) is 16.8. The zero-order valence-electron chi connectivity index (χ0n) is 28.9. The van der Waals surface area contributed by atoms with E-state index in [1.54, 1.807) is 0 Å². The van der Waals surface area contributed by atoms with Crippen molar-refractivity contribution >= 4 is 51.4 Å². The number of anilines is 9. The topological polar surface area (TPSA) is 35.5 Å². The number of hydrogen-bond donors (Lipinski definition) is 0. The minimum absolute atomic E-state index is 0.801. The first kappa shape index (κ1) is 32.2. The molecule has 0 radical (unpaired) electrons. The van der Waals surface area contributed by atoms with Crippen LogP contribution in [0, 0.1) is 6.92 Å². The molecule has 0 saturated heterocycles. The Balaban J connectivity index is 1.27. The van der Waals surface area contributed by atoms with Crippen LogP contribution in [0.4, 0.5) is 51.4 Å². The van der Waals surface area contributed by atoms with E-state index in [0.717, 1.165) is 62.6 Å². The van der Waals surface area contributed by atoms with E-state index in [9.17, 15) is 0 Å². The summed E-state index contributed by atoms with van der Waals surface area (Å²) in [5.41, 5.74) is 10.4. The highest BCUT2D eigenvalue weighted by atomic mass is 15.2. The Kier molecular flexibility index (Phi) is 9.22. The maximum atomic E-state index is 5.09. The van der Waals surface area contributed by atoms with E-state index in [-0.39, 0.29) is 0 Å². The lowest BCUT2D eigenvalue weighted by molar-refractivity contribution is 1.16. The van der Waals surface area contributed by atoms with Crippen molar-refractivity contribution in [1.82, 2.24) is 9.97 Å². The van der Waals surface area contributed by atoms with Crippen molar-refractivity contribution in [2.24, 2.45) is 0 Å². The first-order chi connectivity index (χ1) is 25.7. The first-order valence-electron chi connectivity index (χ1n) is 17.4. The van der Waals surface area contributed by atoms with Crippen LogP contribution >= 0.6 is 0 Å². The van der Waals surface area contributed by atoms with Crippen LogP contribution in [-0.2, 0) is 0 Å². The second kappa shape index (κ2) is 14.9. The number of pyridine rings is 2. The van der Waals surface area contributed by atoms with E-state index in [2.05, 4.69) is 179 Å². The van der Waals surface area contributed by atoms with Gasteiger partial charge in [-0.1, -0.05) is 90.5 Å². The number of hydrogen-bond acceptors (Lipinski definition) is 5.